The molecule has 0 fully saturated rings. The van der Waals surface area contributed by atoms with Crippen LogP contribution < -0.4 is 9.47 Å². The van der Waals surface area contributed by atoms with E-state index in [0.29, 0.717) is 22.6 Å². The first-order valence-electron chi connectivity index (χ1n) is 9.06. The highest BCUT2D eigenvalue weighted by atomic mass is 79.9. The standard InChI is InChI=1S/C24H17BrO4/c1-14(26)28-21-12-10-16-6-3-4-7-17(16)23(21)24-19-8-5-9-20(25)18(19)11-13-22(24)29-15(2)27/h3-13H,1-2H3. The Morgan fingerprint density at radius 1 is 0.655 bits per heavy atom. The minimum atomic E-state index is -0.421. The van der Waals surface area contributed by atoms with E-state index in [1.54, 1.807) is 12.1 Å². The van der Waals surface area contributed by atoms with Crippen molar-refractivity contribution < 1.29 is 19.1 Å². The molecule has 5 heteroatoms. The number of esters is 2. The van der Waals surface area contributed by atoms with Crippen LogP contribution in [-0.2, 0) is 9.59 Å². The van der Waals surface area contributed by atoms with Crippen molar-refractivity contribution in [3.63, 3.8) is 0 Å². The van der Waals surface area contributed by atoms with Crippen molar-refractivity contribution >= 4 is 49.4 Å². The zero-order chi connectivity index (χ0) is 20.5. The van der Waals surface area contributed by atoms with Crippen LogP contribution in [0.15, 0.2) is 71.2 Å². The number of ether oxygens (including phenoxy) is 2. The zero-order valence-electron chi connectivity index (χ0n) is 15.9. The number of fused-ring (bicyclic) bond motifs is 2. The number of carbonyl (C=O) groups is 2. The van der Waals surface area contributed by atoms with Gasteiger partial charge < -0.3 is 9.47 Å². The minimum absolute atomic E-state index is 0.410. The second-order valence-corrected chi connectivity index (χ2v) is 7.48. The van der Waals surface area contributed by atoms with Gasteiger partial charge in [-0.15, -0.1) is 0 Å². The van der Waals surface area contributed by atoms with Crippen molar-refractivity contribution in [1.29, 1.82) is 0 Å². The molecule has 0 unspecified atom stereocenters. The van der Waals surface area contributed by atoms with E-state index >= 15 is 0 Å². The predicted molar refractivity (Wildman–Crippen MR) is 117 cm³/mol. The molecule has 0 saturated heterocycles. The SMILES string of the molecule is CC(=O)Oc1ccc2ccccc2c1-c1c(OC(C)=O)ccc2c(Br)cccc12. The fourth-order valence-corrected chi connectivity index (χ4v) is 4.04. The summed E-state index contributed by atoms with van der Waals surface area (Å²) in [6.45, 7) is 2.73. The molecule has 0 bridgehead atoms. The summed E-state index contributed by atoms with van der Waals surface area (Å²) in [5, 5.41) is 3.72. The minimum Gasteiger partial charge on any atom is -0.426 e. The molecule has 4 rings (SSSR count). The van der Waals surface area contributed by atoms with Crippen molar-refractivity contribution in [2.45, 2.75) is 13.8 Å². The molecule has 4 aromatic carbocycles. The molecular weight excluding hydrogens is 432 g/mol. The van der Waals surface area contributed by atoms with Crippen LogP contribution in [0.3, 0.4) is 0 Å². The lowest BCUT2D eigenvalue weighted by molar-refractivity contribution is -0.132. The van der Waals surface area contributed by atoms with Crippen LogP contribution in [0.2, 0.25) is 0 Å². The summed E-state index contributed by atoms with van der Waals surface area (Å²) in [5.41, 5.74) is 1.41. The van der Waals surface area contributed by atoms with Gasteiger partial charge in [0.2, 0.25) is 0 Å². The van der Waals surface area contributed by atoms with Crippen LogP contribution >= 0.6 is 15.9 Å². The van der Waals surface area contributed by atoms with Crippen molar-refractivity contribution in [2.24, 2.45) is 0 Å². The Morgan fingerprint density at radius 3 is 1.93 bits per heavy atom. The molecule has 0 N–H and O–H groups in total. The molecule has 144 valence electrons. The molecule has 0 atom stereocenters. The van der Waals surface area contributed by atoms with Crippen molar-refractivity contribution in [3.05, 3.63) is 71.2 Å². The predicted octanol–water partition coefficient (Wildman–Crippen LogP) is 6.27. The molecule has 0 aliphatic rings. The third-order valence-corrected chi connectivity index (χ3v) is 5.31. The van der Waals surface area contributed by atoms with Crippen LogP contribution in [0, 0.1) is 0 Å². The Kier molecular flexibility index (Phi) is 5.07. The molecule has 4 nitrogen and oxygen atoms in total. The topological polar surface area (TPSA) is 52.6 Å². The fraction of sp³-hybridized carbons (Fsp3) is 0.0833. The van der Waals surface area contributed by atoms with Gasteiger partial charge in [-0.3, -0.25) is 9.59 Å². The average molecular weight is 449 g/mol. The smallest absolute Gasteiger partial charge is 0.308 e. The summed E-state index contributed by atoms with van der Waals surface area (Å²) in [6.07, 6.45) is 0. The monoisotopic (exact) mass is 448 g/mol. The second-order valence-electron chi connectivity index (χ2n) is 6.62. The molecule has 0 radical (unpaired) electrons. The maximum atomic E-state index is 11.8. The Morgan fingerprint density at radius 2 is 1.24 bits per heavy atom. The van der Waals surface area contributed by atoms with Crippen LogP contribution in [0.4, 0.5) is 0 Å². The van der Waals surface area contributed by atoms with E-state index in [1.807, 2.05) is 54.6 Å². The van der Waals surface area contributed by atoms with Gasteiger partial charge in [0.1, 0.15) is 11.5 Å². The highest BCUT2D eigenvalue weighted by Crippen LogP contribution is 2.46. The van der Waals surface area contributed by atoms with Gasteiger partial charge in [0.25, 0.3) is 0 Å². The first-order chi connectivity index (χ1) is 14.0. The Labute approximate surface area is 176 Å². The molecular formula is C24H17BrO4. The molecule has 0 aromatic heterocycles. The largest absolute Gasteiger partial charge is 0.426 e. The number of rotatable bonds is 3. The van der Waals surface area contributed by atoms with Gasteiger partial charge in [0.15, 0.2) is 0 Å². The average Bonchev–Trinajstić information content (AvgIpc) is 2.68. The fourth-order valence-electron chi connectivity index (χ4n) is 3.55. The number of hydrogen-bond donors (Lipinski definition) is 0. The Balaban J connectivity index is 2.18. The lowest BCUT2D eigenvalue weighted by Crippen LogP contribution is -2.06. The second kappa shape index (κ2) is 7.68. The molecule has 0 aliphatic carbocycles. The van der Waals surface area contributed by atoms with Gasteiger partial charge >= 0.3 is 11.9 Å². The number of carbonyl (C=O) groups excluding carboxylic acids is 2. The first-order valence-corrected chi connectivity index (χ1v) is 9.85. The number of hydrogen-bond acceptors (Lipinski definition) is 4. The van der Waals surface area contributed by atoms with Crippen LogP contribution in [0.1, 0.15) is 13.8 Å². The summed E-state index contributed by atoms with van der Waals surface area (Å²) in [7, 11) is 0. The quantitative estimate of drug-likeness (QED) is 0.273. The van der Waals surface area contributed by atoms with Gasteiger partial charge in [-0.05, 0) is 45.8 Å². The third-order valence-electron chi connectivity index (χ3n) is 4.62. The van der Waals surface area contributed by atoms with E-state index in [2.05, 4.69) is 15.9 Å². The summed E-state index contributed by atoms with van der Waals surface area (Å²) in [5.74, 6) is -0.0169. The van der Waals surface area contributed by atoms with Crippen LogP contribution in [0.25, 0.3) is 32.7 Å². The van der Waals surface area contributed by atoms with Crippen molar-refractivity contribution in [3.8, 4) is 22.6 Å². The molecule has 4 aromatic rings. The van der Waals surface area contributed by atoms with Gasteiger partial charge in [-0.25, -0.2) is 0 Å². The van der Waals surface area contributed by atoms with Gasteiger partial charge in [-0.2, -0.15) is 0 Å². The summed E-state index contributed by atoms with van der Waals surface area (Å²) in [4.78, 5) is 23.6. The first kappa shape index (κ1) is 19.2. The summed E-state index contributed by atoms with van der Waals surface area (Å²) in [6, 6.07) is 21.0. The molecule has 0 aliphatic heterocycles. The van der Waals surface area contributed by atoms with Gasteiger partial charge in [0.05, 0.1) is 0 Å². The van der Waals surface area contributed by atoms with Crippen LogP contribution in [0.5, 0.6) is 11.5 Å². The van der Waals surface area contributed by atoms with Gasteiger partial charge in [-0.1, -0.05) is 58.4 Å². The van der Waals surface area contributed by atoms with E-state index in [0.717, 1.165) is 26.0 Å². The highest BCUT2D eigenvalue weighted by Gasteiger charge is 2.21. The van der Waals surface area contributed by atoms with Gasteiger partial charge in [0, 0.05) is 29.4 Å². The van der Waals surface area contributed by atoms with Crippen LogP contribution in [-0.4, -0.2) is 11.9 Å². The zero-order valence-corrected chi connectivity index (χ0v) is 17.4. The van der Waals surface area contributed by atoms with E-state index in [9.17, 15) is 9.59 Å². The summed E-state index contributed by atoms with van der Waals surface area (Å²) >= 11 is 3.59. The van der Waals surface area contributed by atoms with E-state index in [1.165, 1.54) is 13.8 Å². The normalized spacial score (nSPS) is 10.9. The van der Waals surface area contributed by atoms with E-state index in [4.69, 9.17) is 9.47 Å². The maximum Gasteiger partial charge on any atom is 0.308 e. The number of benzene rings is 4. The van der Waals surface area contributed by atoms with Crippen molar-refractivity contribution in [1.82, 2.24) is 0 Å². The molecule has 29 heavy (non-hydrogen) atoms. The summed E-state index contributed by atoms with van der Waals surface area (Å²) < 4.78 is 12.0. The Bertz CT molecular complexity index is 1280. The lowest BCUT2D eigenvalue weighted by Gasteiger charge is -2.18. The third kappa shape index (κ3) is 3.61. The molecule has 0 spiro atoms. The lowest BCUT2D eigenvalue weighted by atomic mass is 9.92. The van der Waals surface area contributed by atoms with Crippen molar-refractivity contribution in [2.75, 3.05) is 0 Å². The number of halogens is 1. The Hall–Kier alpha value is -3.18. The molecule has 0 amide bonds. The van der Waals surface area contributed by atoms with E-state index in [-0.39, 0.29) is 0 Å². The molecule has 0 saturated carbocycles. The maximum absolute atomic E-state index is 11.8. The van der Waals surface area contributed by atoms with E-state index < -0.39 is 11.9 Å². The molecule has 0 heterocycles. The highest BCUT2D eigenvalue weighted by molar-refractivity contribution is 9.10.